The standard InChI is InChI=1S/C17H21F5N6/c1-24-13(14-12-6-7-25-15(12)27-9-28(14)23)10-2-4-11(5-3-10)26-8-16(18,19)17(20,21)22/h6-7,9-11,25-26H,1-5,8,23H2/b14-13-/t10-,11+. The highest BCUT2D eigenvalue weighted by atomic mass is 19.4. The first kappa shape index (κ1) is 20.5. The normalized spacial score (nSPS) is 24.9. The van der Waals surface area contributed by atoms with E-state index in [4.69, 9.17) is 5.84 Å². The van der Waals surface area contributed by atoms with Crippen molar-refractivity contribution >= 4 is 24.6 Å². The van der Waals surface area contributed by atoms with E-state index < -0.39 is 24.7 Å². The van der Waals surface area contributed by atoms with Crippen molar-refractivity contribution in [2.75, 3.05) is 6.54 Å². The molecule has 6 nitrogen and oxygen atoms in total. The summed E-state index contributed by atoms with van der Waals surface area (Å²) in [5.41, 5.74) is 2.09. The summed E-state index contributed by atoms with van der Waals surface area (Å²) >= 11 is 0. The van der Waals surface area contributed by atoms with E-state index in [0.29, 0.717) is 42.9 Å². The van der Waals surface area contributed by atoms with Crippen molar-refractivity contribution in [2.24, 2.45) is 21.7 Å². The van der Waals surface area contributed by atoms with Crippen LogP contribution < -0.4 is 11.2 Å². The molecule has 0 unspecified atom stereocenters. The van der Waals surface area contributed by atoms with Gasteiger partial charge in [-0.3, -0.25) is 10.0 Å². The van der Waals surface area contributed by atoms with Crippen molar-refractivity contribution in [3.8, 4) is 0 Å². The highest BCUT2D eigenvalue weighted by Crippen LogP contribution is 2.39. The van der Waals surface area contributed by atoms with E-state index in [1.165, 1.54) is 11.3 Å². The predicted octanol–water partition coefficient (Wildman–Crippen LogP) is 3.58. The summed E-state index contributed by atoms with van der Waals surface area (Å²) in [6, 6.07) is 1.41. The molecule has 0 radical (unpaired) electrons. The third kappa shape index (κ3) is 3.95. The van der Waals surface area contributed by atoms with Crippen LogP contribution in [0.3, 0.4) is 0 Å². The van der Waals surface area contributed by atoms with Gasteiger partial charge in [0.25, 0.3) is 0 Å². The number of nitrogens with one attached hydrogen (secondary N) is 2. The zero-order valence-corrected chi connectivity index (χ0v) is 14.9. The van der Waals surface area contributed by atoms with Crippen molar-refractivity contribution in [2.45, 2.75) is 43.8 Å². The number of rotatable bonds is 5. The van der Waals surface area contributed by atoms with Crippen molar-refractivity contribution in [3.63, 3.8) is 0 Å². The average molecular weight is 404 g/mol. The fourth-order valence-corrected chi connectivity index (χ4v) is 3.59. The molecule has 1 aliphatic heterocycles. The van der Waals surface area contributed by atoms with Crippen molar-refractivity contribution in [1.29, 1.82) is 0 Å². The molecule has 4 N–H and O–H groups in total. The summed E-state index contributed by atoms with van der Waals surface area (Å²) in [6.07, 6.45) is -0.346. The summed E-state index contributed by atoms with van der Waals surface area (Å²) in [7, 11) is 0. The predicted molar refractivity (Wildman–Crippen MR) is 96.2 cm³/mol. The maximum Gasteiger partial charge on any atom is 0.454 e. The number of aliphatic imine (C=N–C) groups is 2. The molecule has 1 aromatic rings. The Bertz CT molecular complexity index is 773. The monoisotopic (exact) mass is 404 g/mol. The molecule has 1 saturated carbocycles. The summed E-state index contributed by atoms with van der Waals surface area (Å²) in [4.78, 5) is 11.3. The molecule has 0 saturated heterocycles. The van der Waals surface area contributed by atoms with E-state index in [-0.39, 0.29) is 5.92 Å². The zero-order valence-electron chi connectivity index (χ0n) is 14.9. The van der Waals surface area contributed by atoms with Gasteiger partial charge in [0.15, 0.2) is 0 Å². The molecular weight excluding hydrogens is 383 g/mol. The van der Waals surface area contributed by atoms with Crippen LogP contribution in [-0.4, -0.2) is 47.7 Å². The van der Waals surface area contributed by atoms with Crippen LogP contribution in [0.5, 0.6) is 0 Å². The molecule has 1 aliphatic carbocycles. The molecule has 1 fully saturated rings. The number of H-pyrrole nitrogens is 1. The molecule has 2 aliphatic rings. The van der Waals surface area contributed by atoms with Crippen LogP contribution in [0.1, 0.15) is 31.2 Å². The first-order valence-corrected chi connectivity index (χ1v) is 8.78. The Morgan fingerprint density at radius 2 is 1.96 bits per heavy atom. The Labute approximate surface area is 158 Å². The molecule has 154 valence electrons. The van der Waals surface area contributed by atoms with Crippen LogP contribution in [0.25, 0.3) is 5.70 Å². The van der Waals surface area contributed by atoms with Crippen LogP contribution >= 0.6 is 0 Å². The first-order chi connectivity index (χ1) is 13.1. The maximum absolute atomic E-state index is 13.1. The zero-order chi connectivity index (χ0) is 20.5. The van der Waals surface area contributed by atoms with E-state index in [0.717, 1.165) is 5.56 Å². The van der Waals surface area contributed by atoms with Gasteiger partial charge in [-0.25, -0.2) is 10.8 Å². The fraction of sp³-hybridized carbons (Fsp3) is 0.529. The summed E-state index contributed by atoms with van der Waals surface area (Å²) in [5, 5.41) is 3.71. The number of fused-ring (bicyclic) bond motifs is 1. The number of hydrogen-bond donors (Lipinski definition) is 3. The van der Waals surface area contributed by atoms with Gasteiger partial charge >= 0.3 is 12.1 Å². The summed E-state index contributed by atoms with van der Waals surface area (Å²) in [5.74, 6) is 1.89. The van der Waals surface area contributed by atoms with Crippen LogP contribution in [0.15, 0.2) is 27.9 Å². The Morgan fingerprint density at radius 3 is 2.57 bits per heavy atom. The Kier molecular flexibility index (Phi) is 5.57. The number of aromatic nitrogens is 1. The summed E-state index contributed by atoms with van der Waals surface area (Å²) < 4.78 is 63.1. The number of aromatic amines is 1. The number of hydrogen-bond acceptors (Lipinski definition) is 5. The minimum Gasteiger partial charge on any atom is -0.346 e. The van der Waals surface area contributed by atoms with Gasteiger partial charge in [0, 0.05) is 23.7 Å². The lowest BCUT2D eigenvalue weighted by Gasteiger charge is -2.33. The lowest BCUT2D eigenvalue weighted by molar-refractivity contribution is -0.279. The topological polar surface area (TPSA) is 81.8 Å². The minimum atomic E-state index is -5.55. The molecule has 11 heteroatoms. The molecule has 0 aromatic carbocycles. The molecule has 2 heterocycles. The largest absolute Gasteiger partial charge is 0.454 e. The number of hydrazine groups is 1. The van der Waals surface area contributed by atoms with Crippen LogP contribution in [0.2, 0.25) is 0 Å². The molecule has 0 amide bonds. The van der Waals surface area contributed by atoms with Crippen molar-refractivity contribution < 1.29 is 22.0 Å². The molecule has 0 spiro atoms. The summed E-state index contributed by atoms with van der Waals surface area (Å²) in [6.45, 7) is 2.22. The molecule has 28 heavy (non-hydrogen) atoms. The quantitative estimate of drug-likeness (QED) is 0.399. The number of allylic oxidation sites excluding steroid dienone is 1. The van der Waals surface area contributed by atoms with Gasteiger partial charge in [0.05, 0.1) is 17.9 Å². The van der Waals surface area contributed by atoms with Gasteiger partial charge in [-0.1, -0.05) is 0 Å². The fourth-order valence-electron chi connectivity index (χ4n) is 3.59. The lowest BCUT2D eigenvalue weighted by Crippen LogP contribution is -2.48. The molecule has 0 atom stereocenters. The number of alkyl halides is 5. The van der Waals surface area contributed by atoms with E-state index in [1.807, 2.05) is 6.07 Å². The second kappa shape index (κ2) is 7.63. The minimum absolute atomic E-state index is 0.0334. The van der Waals surface area contributed by atoms with Gasteiger partial charge in [-0.15, -0.1) is 0 Å². The van der Waals surface area contributed by atoms with Crippen LogP contribution in [0, 0.1) is 5.92 Å². The van der Waals surface area contributed by atoms with Gasteiger partial charge in [0.2, 0.25) is 0 Å². The molecular formula is C17H21F5N6. The SMILES string of the molecule is C=N/C(=C1/c2cc[nH]c2N=CN1N)[C@H]1CC[C@@H](NCC(F)(F)C(F)(F)F)CC1. The highest BCUT2D eigenvalue weighted by molar-refractivity contribution is 5.87. The van der Waals surface area contributed by atoms with Gasteiger partial charge in [-0.2, -0.15) is 22.0 Å². The van der Waals surface area contributed by atoms with Gasteiger partial charge < -0.3 is 10.3 Å². The van der Waals surface area contributed by atoms with E-state index in [9.17, 15) is 22.0 Å². The van der Waals surface area contributed by atoms with Crippen molar-refractivity contribution in [1.82, 2.24) is 15.3 Å². The van der Waals surface area contributed by atoms with Gasteiger partial charge in [-0.05, 0) is 38.5 Å². The average Bonchev–Trinajstić information content (AvgIpc) is 3.11. The Morgan fingerprint density at radius 1 is 1.29 bits per heavy atom. The maximum atomic E-state index is 13.1. The number of halogens is 5. The third-order valence-corrected chi connectivity index (χ3v) is 5.10. The third-order valence-electron chi connectivity index (χ3n) is 5.10. The van der Waals surface area contributed by atoms with Gasteiger partial charge in [0.1, 0.15) is 12.2 Å². The number of nitrogens with zero attached hydrogens (tertiary/aromatic N) is 3. The van der Waals surface area contributed by atoms with Crippen LogP contribution in [0.4, 0.5) is 27.8 Å². The van der Waals surface area contributed by atoms with E-state index in [1.54, 1.807) is 6.20 Å². The van der Waals surface area contributed by atoms with Crippen molar-refractivity contribution in [3.05, 3.63) is 23.5 Å². The number of nitrogens with two attached hydrogens (primary N) is 1. The molecule has 0 bridgehead atoms. The Hall–Kier alpha value is -2.27. The first-order valence-electron chi connectivity index (χ1n) is 8.78. The van der Waals surface area contributed by atoms with E-state index in [2.05, 4.69) is 27.0 Å². The highest BCUT2D eigenvalue weighted by Gasteiger charge is 2.57. The van der Waals surface area contributed by atoms with E-state index >= 15 is 0 Å². The molecule has 3 rings (SSSR count). The van der Waals surface area contributed by atoms with Crippen LogP contribution in [-0.2, 0) is 0 Å². The second-order valence-electron chi connectivity index (χ2n) is 6.92. The second-order valence-corrected chi connectivity index (χ2v) is 6.92. The molecule has 1 aromatic heterocycles. The lowest BCUT2D eigenvalue weighted by atomic mass is 9.82. The smallest absolute Gasteiger partial charge is 0.346 e. The Balaban J connectivity index is 1.67.